The Kier molecular flexibility index (Phi) is 6.98. The molecule has 0 aliphatic carbocycles. The molecule has 0 aromatic heterocycles. The molecule has 0 heterocycles. The fourth-order valence-electron chi connectivity index (χ4n) is 1.91. The van der Waals surface area contributed by atoms with Crippen LogP contribution < -0.4 is 5.32 Å². The summed E-state index contributed by atoms with van der Waals surface area (Å²) in [5, 5.41) is 2.55. The van der Waals surface area contributed by atoms with Crippen molar-refractivity contribution in [3.63, 3.8) is 0 Å². The lowest BCUT2D eigenvalue weighted by molar-refractivity contribution is 0.135. The van der Waals surface area contributed by atoms with Gasteiger partial charge in [0.1, 0.15) is 6.61 Å². The van der Waals surface area contributed by atoms with Gasteiger partial charge in [0.15, 0.2) is 0 Å². The van der Waals surface area contributed by atoms with Gasteiger partial charge in [-0.1, -0.05) is 44.2 Å². The molecule has 0 saturated heterocycles. The molecule has 0 aliphatic heterocycles. The average molecular weight is 334 g/mol. The summed E-state index contributed by atoms with van der Waals surface area (Å²) in [4.78, 5) is 11.7. The summed E-state index contributed by atoms with van der Waals surface area (Å²) in [7, 11) is 1.57. The summed E-state index contributed by atoms with van der Waals surface area (Å²) in [5.41, 5.74) is 0.859. The van der Waals surface area contributed by atoms with E-state index in [0.29, 0.717) is 6.42 Å². The van der Waals surface area contributed by atoms with Gasteiger partial charge in [0.25, 0.3) is 0 Å². The van der Waals surface area contributed by atoms with E-state index in [-0.39, 0.29) is 18.3 Å². The molecule has 1 unspecified atom stereocenters. The van der Waals surface area contributed by atoms with Gasteiger partial charge < -0.3 is 10.1 Å². The van der Waals surface area contributed by atoms with Crippen molar-refractivity contribution in [2.75, 3.05) is 5.75 Å². The topological polar surface area (TPSA) is 72.5 Å². The molecule has 0 saturated carbocycles. The van der Waals surface area contributed by atoms with E-state index in [4.69, 9.17) is 15.4 Å². The minimum atomic E-state index is -3.68. The molecule has 7 heteroatoms. The Labute approximate surface area is 130 Å². The van der Waals surface area contributed by atoms with Crippen LogP contribution in [0.25, 0.3) is 0 Å². The zero-order chi connectivity index (χ0) is 15.9. The minimum Gasteiger partial charge on any atom is -0.445 e. The van der Waals surface area contributed by atoms with Gasteiger partial charge in [0.05, 0.1) is 5.75 Å². The number of carbonyl (C=O) groups is 1. The lowest BCUT2D eigenvalue weighted by atomic mass is 10.1. The number of ether oxygens (including phenoxy) is 1. The highest BCUT2D eigenvalue weighted by Gasteiger charge is 2.21. The molecule has 0 spiro atoms. The average Bonchev–Trinajstić information content (AvgIpc) is 2.34. The van der Waals surface area contributed by atoms with E-state index >= 15 is 0 Å². The normalized spacial score (nSPS) is 13.0. The molecule has 1 atom stereocenters. The fourth-order valence-corrected chi connectivity index (χ4v) is 3.07. The van der Waals surface area contributed by atoms with Crippen molar-refractivity contribution in [1.82, 2.24) is 5.32 Å². The summed E-state index contributed by atoms with van der Waals surface area (Å²) >= 11 is 0. The molecule has 0 fully saturated rings. The number of carbonyl (C=O) groups excluding carboxylic acids is 1. The van der Waals surface area contributed by atoms with E-state index in [1.165, 1.54) is 0 Å². The third kappa shape index (κ3) is 8.57. The first-order valence-corrected chi connectivity index (χ1v) is 9.13. The molecule has 1 aromatic carbocycles. The number of hydrogen-bond acceptors (Lipinski definition) is 4. The predicted octanol–water partition coefficient (Wildman–Crippen LogP) is 2.90. The Morgan fingerprint density at radius 2 is 1.90 bits per heavy atom. The first-order chi connectivity index (χ1) is 9.76. The predicted molar refractivity (Wildman–Crippen MR) is 82.6 cm³/mol. The van der Waals surface area contributed by atoms with Gasteiger partial charge >= 0.3 is 6.09 Å². The molecule has 118 valence electrons. The smallest absolute Gasteiger partial charge is 0.407 e. The number of amides is 1. The number of halogens is 1. The first-order valence-electron chi connectivity index (χ1n) is 6.66. The number of benzene rings is 1. The van der Waals surface area contributed by atoms with Gasteiger partial charge in [-0.15, -0.1) is 0 Å². The zero-order valence-corrected chi connectivity index (χ0v) is 13.7. The second-order valence-electron chi connectivity index (χ2n) is 5.24. The summed E-state index contributed by atoms with van der Waals surface area (Å²) in [6, 6.07) is 8.67. The Balaban J connectivity index is 2.51. The van der Waals surface area contributed by atoms with Crippen LogP contribution in [0.3, 0.4) is 0 Å². The quantitative estimate of drug-likeness (QED) is 0.779. The van der Waals surface area contributed by atoms with Crippen LogP contribution in [0.4, 0.5) is 4.79 Å². The van der Waals surface area contributed by atoms with Crippen LogP contribution in [-0.4, -0.2) is 26.3 Å². The van der Waals surface area contributed by atoms with E-state index in [9.17, 15) is 13.2 Å². The van der Waals surface area contributed by atoms with Crippen LogP contribution in [0.1, 0.15) is 25.8 Å². The van der Waals surface area contributed by atoms with Crippen LogP contribution in [0.5, 0.6) is 0 Å². The molecule has 0 radical (unpaired) electrons. The maximum atomic E-state index is 11.7. The van der Waals surface area contributed by atoms with Gasteiger partial charge in [-0.2, -0.15) is 0 Å². The van der Waals surface area contributed by atoms with Crippen molar-refractivity contribution in [2.45, 2.75) is 32.9 Å². The zero-order valence-electron chi connectivity index (χ0n) is 12.1. The maximum Gasteiger partial charge on any atom is 0.407 e. The molecular weight excluding hydrogens is 314 g/mol. The highest BCUT2D eigenvalue weighted by atomic mass is 35.7. The number of hydrogen-bond donors (Lipinski definition) is 1. The molecule has 0 aliphatic rings. The number of rotatable bonds is 7. The van der Waals surface area contributed by atoms with Gasteiger partial charge in [-0.25, -0.2) is 13.2 Å². The van der Waals surface area contributed by atoms with Crippen molar-refractivity contribution in [3.8, 4) is 0 Å². The monoisotopic (exact) mass is 333 g/mol. The first kappa shape index (κ1) is 17.8. The number of nitrogens with one attached hydrogen (secondary N) is 1. The summed E-state index contributed by atoms with van der Waals surface area (Å²) in [6.45, 7) is 4.00. The van der Waals surface area contributed by atoms with E-state index in [1.807, 2.05) is 44.2 Å². The van der Waals surface area contributed by atoms with Crippen LogP contribution in [0, 0.1) is 5.92 Å². The summed E-state index contributed by atoms with van der Waals surface area (Å²) in [6.07, 6.45) is -0.142. The lowest BCUT2D eigenvalue weighted by Gasteiger charge is -2.19. The molecular formula is C14H20ClNO4S. The Morgan fingerprint density at radius 1 is 1.29 bits per heavy atom. The van der Waals surface area contributed by atoms with Gasteiger partial charge in [-0.3, -0.25) is 0 Å². The third-order valence-corrected chi connectivity index (χ3v) is 3.87. The molecule has 5 nitrogen and oxygen atoms in total. The van der Waals surface area contributed by atoms with Crippen molar-refractivity contribution in [1.29, 1.82) is 0 Å². The van der Waals surface area contributed by atoms with E-state index in [1.54, 1.807) is 0 Å². The third-order valence-electron chi connectivity index (χ3n) is 2.69. The second kappa shape index (κ2) is 8.24. The van der Waals surface area contributed by atoms with Gasteiger partial charge in [0, 0.05) is 16.7 Å². The van der Waals surface area contributed by atoms with Crippen molar-refractivity contribution in [3.05, 3.63) is 35.9 Å². The van der Waals surface area contributed by atoms with Gasteiger partial charge in [-0.05, 0) is 17.9 Å². The van der Waals surface area contributed by atoms with E-state index in [0.717, 1.165) is 5.56 Å². The van der Waals surface area contributed by atoms with E-state index in [2.05, 4.69) is 5.32 Å². The van der Waals surface area contributed by atoms with Gasteiger partial charge in [0.2, 0.25) is 9.05 Å². The Hall–Kier alpha value is -1.27. The fraction of sp³-hybridized carbons (Fsp3) is 0.500. The molecule has 1 aromatic rings. The summed E-state index contributed by atoms with van der Waals surface area (Å²) in [5.74, 6) is -0.0875. The largest absolute Gasteiger partial charge is 0.445 e. The molecule has 0 bridgehead atoms. The molecule has 21 heavy (non-hydrogen) atoms. The van der Waals surface area contributed by atoms with Crippen molar-refractivity contribution < 1.29 is 17.9 Å². The van der Waals surface area contributed by atoms with Crippen LogP contribution in [-0.2, 0) is 20.4 Å². The SMILES string of the molecule is CC(C)CC(CS(=O)(=O)Cl)NC(=O)OCc1ccccc1. The summed E-state index contributed by atoms with van der Waals surface area (Å²) < 4.78 is 27.4. The van der Waals surface area contributed by atoms with Crippen LogP contribution in [0.15, 0.2) is 30.3 Å². The van der Waals surface area contributed by atoms with Crippen LogP contribution in [0.2, 0.25) is 0 Å². The standard InChI is InChI=1S/C14H20ClNO4S/c1-11(2)8-13(10-21(15,18)19)16-14(17)20-9-12-6-4-3-5-7-12/h3-7,11,13H,8-10H2,1-2H3,(H,16,17). The van der Waals surface area contributed by atoms with E-state index < -0.39 is 21.2 Å². The molecule has 1 N–H and O–H groups in total. The van der Waals surface area contributed by atoms with Crippen molar-refractivity contribution in [2.24, 2.45) is 5.92 Å². The molecule has 1 rings (SSSR count). The minimum absolute atomic E-state index is 0.134. The number of alkyl carbamates (subject to hydrolysis) is 1. The van der Waals surface area contributed by atoms with Crippen LogP contribution >= 0.6 is 10.7 Å². The maximum absolute atomic E-state index is 11.7. The second-order valence-corrected chi connectivity index (χ2v) is 8.06. The Morgan fingerprint density at radius 3 is 2.43 bits per heavy atom. The highest BCUT2D eigenvalue weighted by molar-refractivity contribution is 8.13. The highest BCUT2D eigenvalue weighted by Crippen LogP contribution is 2.10. The van der Waals surface area contributed by atoms with Crippen molar-refractivity contribution >= 4 is 25.8 Å². The molecule has 1 amide bonds. The Bertz CT molecular complexity index is 545. The lowest BCUT2D eigenvalue weighted by Crippen LogP contribution is -2.40.